The molecule has 1 heterocycles. The van der Waals surface area contributed by atoms with Crippen LogP contribution in [-0.4, -0.2) is 36.4 Å². The Morgan fingerprint density at radius 2 is 2.24 bits per heavy atom. The Balaban J connectivity index is 1.89. The molecule has 1 aliphatic rings. The van der Waals surface area contributed by atoms with Gasteiger partial charge >= 0.3 is 0 Å². The average molecular weight is 286 g/mol. The second-order valence-corrected chi connectivity index (χ2v) is 4.87. The summed E-state index contributed by atoms with van der Waals surface area (Å²) in [7, 11) is 0. The number of imide groups is 1. The minimum Gasteiger partial charge on any atom is -0.492 e. The number of ether oxygens (including phenoxy) is 1. The Morgan fingerprint density at radius 3 is 2.90 bits per heavy atom. The van der Waals surface area contributed by atoms with Crippen molar-refractivity contribution >= 4 is 11.8 Å². The summed E-state index contributed by atoms with van der Waals surface area (Å²) in [5, 5.41) is 0. The van der Waals surface area contributed by atoms with Crippen LogP contribution in [0.1, 0.15) is 18.9 Å². The van der Waals surface area contributed by atoms with Crippen molar-refractivity contribution in [1.29, 1.82) is 0 Å². The number of carbonyl (C=O) groups excluding carboxylic acids is 2. The molecule has 0 bridgehead atoms. The molecule has 1 atom stereocenters. The highest BCUT2D eigenvalue weighted by Gasteiger charge is 2.35. The minimum absolute atomic E-state index is 0.119. The number of likely N-dealkylation sites (tertiary alicyclic amines) is 1. The summed E-state index contributed by atoms with van der Waals surface area (Å²) in [6.45, 7) is 2.63. The lowest BCUT2D eigenvalue weighted by molar-refractivity contribution is -0.139. The quantitative estimate of drug-likeness (QED) is 0.655. The van der Waals surface area contributed by atoms with Crippen LogP contribution in [0.2, 0.25) is 0 Å². The van der Waals surface area contributed by atoms with E-state index >= 15 is 0 Å². The van der Waals surface area contributed by atoms with E-state index in [0.29, 0.717) is 18.7 Å². The number of benzene rings is 1. The summed E-state index contributed by atoms with van der Waals surface area (Å²) in [6, 6.07) is 7.32. The predicted octanol–water partition coefficient (Wildman–Crippen LogP) is 0.771. The average Bonchev–Trinajstić information content (AvgIpc) is 2.72. The summed E-state index contributed by atoms with van der Waals surface area (Å²) in [5.41, 5.74) is 6.15. The molecule has 0 aliphatic carbocycles. The lowest BCUT2D eigenvalue weighted by atomic mass is 10.1. The summed E-state index contributed by atoms with van der Waals surface area (Å²) in [5.74, 6) is 5.89. The molecule has 110 valence electrons. The van der Waals surface area contributed by atoms with Crippen LogP contribution in [0.15, 0.2) is 24.3 Å². The van der Waals surface area contributed by atoms with Crippen LogP contribution in [-0.2, 0) is 9.59 Å². The molecule has 2 rings (SSSR count). The molecule has 1 fully saturated rings. The van der Waals surface area contributed by atoms with Gasteiger partial charge < -0.3 is 10.5 Å². The Kier molecular flexibility index (Phi) is 4.96. The van der Waals surface area contributed by atoms with E-state index in [0.717, 1.165) is 5.56 Å². The number of amides is 2. The molecule has 5 nitrogen and oxygen atoms in total. The fraction of sp³-hybridized carbons (Fsp3) is 0.375. The highest BCUT2D eigenvalue weighted by atomic mass is 16.5. The van der Waals surface area contributed by atoms with E-state index in [-0.39, 0.29) is 30.9 Å². The third kappa shape index (κ3) is 3.83. The molecule has 21 heavy (non-hydrogen) atoms. The summed E-state index contributed by atoms with van der Waals surface area (Å²) in [6.07, 6.45) is 0.295. The molecule has 1 aliphatic heterocycles. The van der Waals surface area contributed by atoms with Crippen molar-refractivity contribution in [3.8, 4) is 17.6 Å². The first kappa shape index (κ1) is 15.1. The van der Waals surface area contributed by atoms with E-state index < -0.39 is 0 Å². The number of carbonyl (C=O) groups is 2. The maximum absolute atomic E-state index is 11.7. The van der Waals surface area contributed by atoms with Gasteiger partial charge in [0.05, 0.1) is 13.1 Å². The molecule has 0 aromatic heterocycles. The molecule has 0 spiro atoms. The van der Waals surface area contributed by atoms with Crippen LogP contribution in [0, 0.1) is 17.8 Å². The van der Waals surface area contributed by atoms with Gasteiger partial charge in [-0.25, -0.2) is 0 Å². The van der Waals surface area contributed by atoms with E-state index in [2.05, 4.69) is 11.8 Å². The van der Waals surface area contributed by atoms with Crippen molar-refractivity contribution in [3.05, 3.63) is 29.8 Å². The molecule has 1 aromatic carbocycles. The lowest BCUT2D eigenvalue weighted by Gasteiger charge is -2.14. The molecule has 2 N–H and O–H groups in total. The maximum atomic E-state index is 11.7. The minimum atomic E-state index is -0.215. The van der Waals surface area contributed by atoms with E-state index in [9.17, 15) is 9.59 Å². The van der Waals surface area contributed by atoms with Gasteiger partial charge in [0.2, 0.25) is 11.8 Å². The zero-order chi connectivity index (χ0) is 15.2. The monoisotopic (exact) mass is 286 g/mol. The smallest absolute Gasteiger partial charge is 0.232 e. The fourth-order valence-corrected chi connectivity index (χ4v) is 2.15. The van der Waals surface area contributed by atoms with Crippen LogP contribution in [0.3, 0.4) is 0 Å². The van der Waals surface area contributed by atoms with Gasteiger partial charge in [0.1, 0.15) is 12.4 Å². The fourth-order valence-electron chi connectivity index (χ4n) is 2.15. The van der Waals surface area contributed by atoms with Gasteiger partial charge in [0.25, 0.3) is 0 Å². The Hall–Kier alpha value is -2.32. The number of hydrogen-bond acceptors (Lipinski definition) is 4. The van der Waals surface area contributed by atoms with Gasteiger partial charge in [-0.2, -0.15) is 0 Å². The third-order valence-electron chi connectivity index (χ3n) is 3.22. The number of nitrogens with zero attached hydrogens (tertiary/aromatic N) is 1. The van der Waals surface area contributed by atoms with Gasteiger partial charge in [0, 0.05) is 17.9 Å². The largest absolute Gasteiger partial charge is 0.492 e. The van der Waals surface area contributed by atoms with Crippen molar-refractivity contribution in [2.24, 2.45) is 11.7 Å². The van der Waals surface area contributed by atoms with Crippen molar-refractivity contribution in [3.63, 3.8) is 0 Å². The Morgan fingerprint density at radius 1 is 1.43 bits per heavy atom. The second kappa shape index (κ2) is 6.91. The van der Waals surface area contributed by atoms with Crippen LogP contribution in [0.5, 0.6) is 5.75 Å². The second-order valence-electron chi connectivity index (χ2n) is 4.87. The summed E-state index contributed by atoms with van der Waals surface area (Å²) < 4.78 is 5.58. The highest BCUT2D eigenvalue weighted by Crippen LogP contribution is 2.18. The highest BCUT2D eigenvalue weighted by molar-refractivity contribution is 6.03. The van der Waals surface area contributed by atoms with E-state index in [4.69, 9.17) is 10.5 Å². The first-order valence-electron chi connectivity index (χ1n) is 6.88. The van der Waals surface area contributed by atoms with Crippen molar-refractivity contribution in [2.45, 2.75) is 13.3 Å². The first-order chi connectivity index (χ1) is 10.1. The maximum Gasteiger partial charge on any atom is 0.232 e. The van der Waals surface area contributed by atoms with Gasteiger partial charge in [-0.1, -0.05) is 24.8 Å². The Labute approximate surface area is 124 Å². The molecule has 0 radical (unpaired) electrons. The van der Waals surface area contributed by atoms with Crippen LogP contribution >= 0.6 is 0 Å². The molecular formula is C16H18N2O3. The molecule has 1 unspecified atom stereocenters. The molecule has 5 heteroatoms. The third-order valence-corrected chi connectivity index (χ3v) is 3.22. The van der Waals surface area contributed by atoms with Gasteiger partial charge in [-0.15, -0.1) is 0 Å². The van der Waals surface area contributed by atoms with E-state index in [1.54, 1.807) is 13.0 Å². The zero-order valence-corrected chi connectivity index (χ0v) is 12.0. The SMILES string of the molecule is CC1CC(=O)N(CCOc2cccc(C#CCN)c2)C1=O. The van der Waals surface area contributed by atoms with Crippen molar-refractivity contribution in [1.82, 2.24) is 4.90 Å². The van der Waals surface area contributed by atoms with Gasteiger partial charge in [-0.05, 0) is 18.2 Å². The normalized spacial score (nSPS) is 17.6. The lowest BCUT2D eigenvalue weighted by Crippen LogP contribution is -2.34. The number of nitrogens with two attached hydrogens (primary N) is 1. The van der Waals surface area contributed by atoms with Crippen LogP contribution < -0.4 is 10.5 Å². The van der Waals surface area contributed by atoms with Gasteiger partial charge in [-0.3, -0.25) is 14.5 Å². The first-order valence-corrected chi connectivity index (χ1v) is 6.88. The zero-order valence-electron chi connectivity index (χ0n) is 12.0. The molecule has 2 amide bonds. The summed E-state index contributed by atoms with van der Waals surface area (Å²) in [4.78, 5) is 24.6. The molecule has 1 aromatic rings. The number of rotatable bonds is 4. The molecular weight excluding hydrogens is 268 g/mol. The standard InChI is InChI=1S/C16H18N2O3/c1-12-10-15(19)18(16(12)20)8-9-21-14-6-2-4-13(11-14)5-3-7-17/h2,4,6,11-12H,7-10,17H2,1H3. The van der Waals surface area contributed by atoms with Crippen molar-refractivity contribution in [2.75, 3.05) is 19.7 Å². The van der Waals surface area contributed by atoms with E-state index in [1.165, 1.54) is 4.90 Å². The van der Waals surface area contributed by atoms with E-state index in [1.807, 2.05) is 18.2 Å². The van der Waals surface area contributed by atoms with Crippen LogP contribution in [0.4, 0.5) is 0 Å². The summed E-state index contributed by atoms with van der Waals surface area (Å²) >= 11 is 0. The van der Waals surface area contributed by atoms with Crippen LogP contribution in [0.25, 0.3) is 0 Å². The predicted molar refractivity (Wildman–Crippen MR) is 78.4 cm³/mol. The molecule has 1 saturated heterocycles. The van der Waals surface area contributed by atoms with Crippen molar-refractivity contribution < 1.29 is 14.3 Å². The molecule has 0 saturated carbocycles. The Bertz CT molecular complexity index is 601. The number of hydrogen-bond donors (Lipinski definition) is 1. The van der Waals surface area contributed by atoms with Gasteiger partial charge in [0.15, 0.2) is 0 Å². The topological polar surface area (TPSA) is 72.6 Å².